The van der Waals surface area contributed by atoms with Crippen LogP contribution in [-0.2, 0) is 16.4 Å². The molecule has 1 heterocycles. The third-order valence-corrected chi connectivity index (χ3v) is 5.12. The van der Waals surface area contributed by atoms with E-state index in [1.165, 1.54) is 11.3 Å². The van der Waals surface area contributed by atoms with Gasteiger partial charge in [-0.3, -0.25) is 4.98 Å². The van der Waals surface area contributed by atoms with Crippen LogP contribution in [-0.4, -0.2) is 27.1 Å². The Labute approximate surface area is 122 Å². The fourth-order valence-electron chi connectivity index (χ4n) is 1.78. The first-order chi connectivity index (χ1) is 9.53. The van der Waals surface area contributed by atoms with Crippen LogP contribution in [0.3, 0.4) is 0 Å². The highest BCUT2D eigenvalue weighted by Gasteiger charge is 2.14. The molecule has 0 saturated heterocycles. The molecule has 0 aliphatic heterocycles. The van der Waals surface area contributed by atoms with Crippen LogP contribution in [0.15, 0.2) is 34.8 Å². The number of ether oxygens (including phenoxy) is 1. The van der Waals surface area contributed by atoms with E-state index in [4.69, 9.17) is 4.74 Å². The minimum absolute atomic E-state index is 0.250. The molecule has 0 fully saturated rings. The molecule has 0 atom stereocenters. The van der Waals surface area contributed by atoms with E-state index in [2.05, 4.69) is 9.71 Å². The van der Waals surface area contributed by atoms with Gasteiger partial charge in [-0.05, 0) is 37.1 Å². The van der Waals surface area contributed by atoms with Crippen molar-refractivity contribution >= 4 is 21.4 Å². The Bertz CT molecular complexity index is 667. The maximum Gasteiger partial charge on any atom is 0.240 e. The molecule has 2 aromatic rings. The Morgan fingerprint density at radius 3 is 2.80 bits per heavy atom. The standard InChI is InChI=1S/C13H16N2O3S2/c1-10-7-12(3-4-13(10)18-2)20(16,17)15-6-5-11-8-14-9-19-11/h3-4,7-9,15H,5-6H2,1-2H3. The summed E-state index contributed by atoms with van der Waals surface area (Å²) in [6.07, 6.45) is 2.38. The molecule has 108 valence electrons. The topological polar surface area (TPSA) is 68.3 Å². The lowest BCUT2D eigenvalue weighted by atomic mass is 10.2. The molecule has 0 saturated carbocycles. The zero-order valence-electron chi connectivity index (χ0n) is 11.3. The molecule has 0 spiro atoms. The number of hydrogen-bond acceptors (Lipinski definition) is 5. The van der Waals surface area contributed by atoms with Gasteiger partial charge in [-0.1, -0.05) is 0 Å². The molecular weight excluding hydrogens is 296 g/mol. The molecule has 1 N–H and O–H groups in total. The Hall–Kier alpha value is -1.44. The number of thiazole rings is 1. The van der Waals surface area contributed by atoms with Crippen molar-refractivity contribution in [2.45, 2.75) is 18.2 Å². The van der Waals surface area contributed by atoms with Gasteiger partial charge in [-0.25, -0.2) is 13.1 Å². The summed E-state index contributed by atoms with van der Waals surface area (Å²) in [4.78, 5) is 5.26. The molecule has 1 aromatic heterocycles. The second kappa shape index (κ2) is 6.34. The summed E-state index contributed by atoms with van der Waals surface area (Å²) in [5, 5.41) is 0. The molecule has 0 aliphatic rings. The fraction of sp³-hybridized carbons (Fsp3) is 0.308. The smallest absolute Gasteiger partial charge is 0.240 e. The largest absolute Gasteiger partial charge is 0.496 e. The normalized spacial score (nSPS) is 11.5. The number of sulfonamides is 1. The Kier molecular flexibility index (Phi) is 4.74. The van der Waals surface area contributed by atoms with Crippen molar-refractivity contribution in [1.29, 1.82) is 0 Å². The predicted molar refractivity (Wildman–Crippen MR) is 78.7 cm³/mol. The average Bonchev–Trinajstić information content (AvgIpc) is 2.91. The Balaban J connectivity index is 2.04. The summed E-state index contributed by atoms with van der Waals surface area (Å²) < 4.78 is 32.0. The zero-order valence-corrected chi connectivity index (χ0v) is 12.9. The van der Waals surface area contributed by atoms with E-state index in [9.17, 15) is 8.42 Å². The first-order valence-corrected chi connectivity index (χ1v) is 8.41. The summed E-state index contributed by atoms with van der Waals surface area (Å²) in [5.41, 5.74) is 2.52. The lowest BCUT2D eigenvalue weighted by Gasteiger charge is -2.09. The molecule has 0 radical (unpaired) electrons. The molecule has 20 heavy (non-hydrogen) atoms. The van der Waals surface area contributed by atoms with Crippen molar-refractivity contribution in [2.75, 3.05) is 13.7 Å². The molecule has 0 amide bonds. The quantitative estimate of drug-likeness (QED) is 0.885. The van der Waals surface area contributed by atoms with Crippen LogP contribution in [0.1, 0.15) is 10.4 Å². The number of hydrogen-bond donors (Lipinski definition) is 1. The van der Waals surface area contributed by atoms with E-state index >= 15 is 0 Å². The van der Waals surface area contributed by atoms with Crippen LogP contribution in [0.2, 0.25) is 0 Å². The highest BCUT2D eigenvalue weighted by Crippen LogP contribution is 2.21. The summed E-state index contributed by atoms with van der Waals surface area (Å²) in [6, 6.07) is 4.81. The number of benzene rings is 1. The van der Waals surface area contributed by atoms with Crippen LogP contribution in [0.4, 0.5) is 0 Å². The molecule has 7 heteroatoms. The number of aromatic nitrogens is 1. The van der Waals surface area contributed by atoms with Gasteiger partial charge in [0.25, 0.3) is 0 Å². The van der Waals surface area contributed by atoms with Crippen LogP contribution in [0.25, 0.3) is 0 Å². The van der Waals surface area contributed by atoms with E-state index in [0.717, 1.165) is 10.4 Å². The maximum absolute atomic E-state index is 12.1. The zero-order chi connectivity index (χ0) is 14.6. The van der Waals surface area contributed by atoms with Gasteiger partial charge in [-0.2, -0.15) is 0 Å². The van der Waals surface area contributed by atoms with E-state index < -0.39 is 10.0 Å². The van der Waals surface area contributed by atoms with E-state index in [1.54, 1.807) is 37.0 Å². The highest BCUT2D eigenvalue weighted by molar-refractivity contribution is 7.89. The fourth-order valence-corrected chi connectivity index (χ4v) is 3.49. The van der Waals surface area contributed by atoms with Gasteiger partial charge in [0.15, 0.2) is 0 Å². The van der Waals surface area contributed by atoms with Gasteiger partial charge in [0.05, 0.1) is 17.5 Å². The molecule has 2 rings (SSSR count). The highest BCUT2D eigenvalue weighted by atomic mass is 32.2. The minimum Gasteiger partial charge on any atom is -0.496 e. The van der Waals surface area contributed by atoms with Gasteiger partial charge in [-0.15, -0.1) is 11.3 Å². The van der Waals surface area contributed by atoms with Crippen molar-refractivity contribution < 1.29 is 13.2 Å². The second-order valence-electron chi connectivity index (χ2n) is 4.25. The van der Waals surface area contributed by atoms with Gasteiger partial charge in [0.2, 0.25) is 10.0 Å². The van der Waals surface area contributed by atoms with Gasteiger partial charge >= 0.3 is 0 Å². The van der Waals surface area contributed by atoms with Gasteiger partial charge in [0.1, 0.15) is 5.75 Å². The summed E-state index contributed by atoms with van der Waals surface area (Å²) >= 11 is 1.51. The van der Waals surface area contributed by atoms with Crippen molar-refractivity contribution in [3.05, 3.63) is 40.3 Å². The molecule has 0 bridgehead atoms. The third-order valence-electron chi connectivity index (χ3n) is 2.82. The van der Waals surface area contributed by atoms with Crippen molar-refractivity contribution in [3.63, 3.8) is 0 Å². The molecule has 5 nitrogen and oxygen atoms in total. The number of nitrogens with one attached hydrogen (secondary N) is 1. The second-order valence-corrected chi connectivity index (χ2v) is 6.98. The maximum atomic E-state index is 12.1. The molecule has 1 aromatic carbocycles. The monoisotopic (exact) mass is 312 g/mol. The number of nitrogens with zero attached hydrogens (tertiary/aromatic N) is 1. The lowest BCUT2D eigenvalue weighted by molar-refractivity contribution is 0.411. The van der Waals surface area contributed by atoms with Crippen molar-refractivity contribution in [1.82, 2.24) is 9.71 Å². The number of methoxy groups -OCH3 is 1. The van der Waals surface area contributed by atoms with Crippen molar-refractivity contribution in [2.24, 2.45) is 0 Å². The first-order valence-electron chi connectivity index (χ1n) is 6.04. The molecule has 0 unspecified atom stereocenters. The first kappa shape index (κ1) is 15.0. The SMILES string of the molecule is COc1ccc(S(=O)(=O)NCCc2cncs2)cc1C. The number of rotatable bonds is 6. The van der Waals surface area contributed by atoms with Gasteiger partial charge in [0, 0.05) is 17.6 Å². The summed E-state index contributed by atoms with van der Waals surface area (Å²) in [7, 11) is -1.92. The Morgan fingerprint density at radius 1 is 1.40 bits per heavy atom. The van der Waals surface area contributed by atoms with Crippen molar-refractivity contribution in [3.8, 4) is 5.75 Å². The van der Waals surface area contributed by atoms with E-state index in [0.29, 0.717) is 18.7 Å². The lowest BCUT2D eigenvalue weighted by Crippen LogP contribution is -2.25. The average molecular weight is 312 g/mol. The molecular formula is C13H16N2O3S2. The molecule has 0 aliphatic carbocycles. The number of aryl methyl sites for hydroxylation is 1. The Morgan fingerprint density at radius 2 is 2.20 bits per heavy atom. The van der Waals surface area contributed by atoms with Crippen LogP contribution < -0.4 is 9.46 Å². The van der Waals surface area contributed by atoms with E-state index in [1.807, 2.05) is 6.92 Å². The van der Waals surface area contributed by atoms with Crippen LogP contribution in [0.5, 0.6) is 5.75 Å². The summed E-state index contributed by atoms with van der Waals surface area (Å²) in [6.45, 7) is 2.17. The van der Waals surface area contributed by atoms with Crippen LogP contribution in [0, 0.1) is 6.92 Å². The van der Waals surface area contributed by atoms with Gasteiger partial charge < -0.3 is 4.74 Å². The predicted octanol–water partition coefficient (Wildman–Crippen LogP) is 1.98. The van der Waals surface area contributed by atoms with Crippen LogP contribution >= 0.6 is 11.3 Å². The third kappa shape index (κ3) is 3.56. The summed E-state index contributed by atoms with van der Waals surface area (Å²) in [5.74, 6) is 0.675. The van der Waals surface area contributed by atoms with E-state index in [-0.39, 0.29) is 4.90 Å². The minimum atomic E-state index is -3.48.